The summed E-state index contributed by atoms with van der Waals surface area (Å²) in [5, 5.41) is 8.86. The number of carbonyl (C=O) groups is 2. The van der Waals surface area contributed by atoms with Crippen LogP contribution in [-0.2, 0) is 4.74 Å². The summed E-state index contributed by atoms with van der Waals surface area (Å²) in [6, 6.07) is 0.216. The van der Waals surface area contributed by atoms with Crippen molar-refractivity contribution in [3.63, 3.8) is 0 Å². The summed E-state index contributed by atoms with van der Waals surface area (Å²) in [6.45, 7) is 6.79. The highest BCUT2D eigenvalue weighted by Gasteiger charge is 2.29. The average molecular weight is 336 g/mol. The molecule has 1 aliphatic rings. The first-order chi connectivity index (χ1) is 11.2. The molecule has 1 aliphatic heterocycles. The molecule has 0 atom stereocenters. The molecule has 8 heteroatoms. The summed E-state index contributed by atoms with van der Waals surface area (Å²) in [5.41, 5.74) is -0.571. The summed E-state index contributed by atoms with van der Waals surface area (Å²) < 4.78 is 5.39. The molecular formula is C16H24N4O4. The molecule has 1 amide bonds. The van der Waals surface area contributed by atoms with Gasteiger partial charge in [-0.15, -0.1) is 0 Å². The van der Waals surface area contributed by atoms with Crippen LogP contribution >= 0.6 is 0 Å². The molecule has 2 heterocycles. The second kappa shape index (κ2) is 7.02. The zero-order valence-corrected chi connectivity index (χ0v) is 14.5. The monoisotopic (exact) mass is 336 g/mol. The number of aromatic carboxylic acids is 1. The van der Waals surface area contributed by atoms with Crippen molar-refractivity contribution in [3.8, 4) is 0 Å². The minimum Gasteiger partial charge on any atom is -0.476 e. The Labute approximate surface area is 141 Å². The third-order valence-corrected chi connectivity index (χ3v) is 3.88. The normalized spacial score (nSPS) is 15.9. The molecule has 0 aliphatic carbocycles. The molecule has 0 radical (unpaired) electrons. The van der Waals surface area contributed by atoms with Crippen molar-refractivity contribution in [2.75, 3.05) is 25.0 Å². The first-order valence-electron chi connectivity index (χ1n) is 7.93. The van der Waals surface area contributed by atoms with E-state index in [2.05, 4.69) is 9.97 Å². The van der Waals surface area contributed by atoms with E-state index in [4.69, 9.17) is 9.84 Å². The highest BCUT2D eigenvalue weighted by Crippen LogP contribution is 2.21. The highest BCUT2D eigenvalue weighted by molar-refractivity contribution is 5.84. The van der Waals surface area contributed by atoms with E-state index in [0.29, 0.717) is 18.9 Å². The molecule has 2 rings (SSSR count). The van der Waals surface area contributed by atoms with Gasteiger partial charge in [-0.2, -0.15) is 0 Å². The Bertz CT molecular complexity index is 589. The van der Waals surface area contributed by atoms with Crippen molar-refractivity contribution < 1.29 is 19.4 Å². The number of carboxylic acids is 1. The van der Waals surface area contributed by atoms with E-state index in [-0.39, 0.29) is 17.8 Å². The topological polar surface area (TPSA) is 95.9 Å². The number of nitrogens with zero attached hydrogens (tertiary/aromatic N) is 4. The first-order valence-corrected chi connectivity index (χ1v) is 7.93. The fraction of sp³-hybridized carbons (Fsp3) is 0.625. The van der Waals surface area contributed by atoms with Gasteiger partial charge in [-0.25, -0.2) is 19.6 Å². The minimum atomic E-state index is -1.10. The van der Waals surface area contributed by atoms with E-state index >= 15 is 0 Å². The van der Waals surface area contributed by atoms with Crippen LogP contribution in [0, 0.1) is 0 Å². The number of likely N-dealkylation sites (tertiary alicyclic amines) is 1. The summed E-state index contributed by atoms with van der Waals surface area (Å²) in [4.78, 5) is 34.6. The number of piperidine rings is 1. The summed E-state index contributed by atoms with van der Waals surface area (Å²) in [5.74, 6) is -0.474. The summed E-state index contributed by atoms with van der Waals surface area (Å²) in [7, 11) is 1.90. The predicted octanol–water partition coefficient (Wildman–Crippen LogP) is 2.01. The number of hydrogen-bond acceptors (Lipinski definition) is 6. The van der Waals surface area contributed by atoms with Crippen molar-refractivity contribution >= 4 is 17.9 Å². The average Bonchev–Trinajstić information content (AvgIpc) is 2.53. The van der Waals surface area contributed by atoms with Crippen molar-refractivity contribution in [1.82, 2.24) is 14.9 Å². The van der Waals surface area contributed by atoms with E-state index < -0.39 is 11.6 Å². The van der Waals surface area contributed by atoms with Crippen LogP contribution in [0.15, 0.2) is 12.4 Å². The standard InChI is InChI=1S/C16H24N4O4/c1-16(2,3)24-15(23)20-7-5-11(6-8-20)19(4)13-10-17-12(9-18-13)14(21)22/h9-11H,5-8H2,1-4H3,(H,21,22). The third kappa shape index (κ3) is 4.56. The molecule has 0 saturated carbocycles. The van der Waals surface area contributed by atoms with E-state index in [0.717, 1.165) is 12.8 Å². The molecule has 0 unspecified atom stereocenters. The molecule has 1 aromatic heterocycles. The van der Waals surface area contributed by atoms with Gasteiger partial charge in [0.2, 0.25) is 0 Å². The molecule has 1 fully saturated rings. The van der Waals surface area contributed by atoms with Gasteiger partial charge in [0.15, 0.2) is 5.69 Å². The zero-order valence-electron chi connectivity index (χ0n) is 14.5. The second-order valence-corrected chi connectivity index (χ2v) is 6.87. The van der Waals surface area contributed by atoms with Gasteiger partial charge in [-0.1, -0.05) is 0 Å². The fourth-order valence-electron chi connectivity index (χ4n) is 2.56. The summed E-state index contributed by atoms with van der Waals surface area (Å²) >= 11 is 0. The van der Waals surface area contributed by atoms with E-state index in [9.17, 15) is 9.59 Å². The van der Waals surface area contributed by atoms with Gasteiger partial charge >= 0.3 is 12.1 Å². The molecule has 1 saturated heterocycles. The number of anilines is 1. The van der Waals surface area contributed by atoms with E-state index in [1.807, 2.05) is 32.7 Å². The Kier molecular flexibility index (Phi) is 5.26. The highest BCUT2D eigenvalue weighted by atomic mass is 16.6. The lowest BCUT2D eigenvalue weighted by molar-refractivity contribution is 0.0205. The Hall–Kier alpha value is -2.38. The van der Waals surface area contributed by atoms with Crippen molar-refractivity contribution in [2.45, 2.75) is 45.3 Å². The molecule has 0 spiro atoms. The Morgan fingerprint density at radius 1 is 1.25 bits per heavy atom. The fourth-order valence-corrected chi connectivity index (χ4v) is 2.56. The molecule has 132 valence electrons. The number of carboxylic acid groups (broad SMARTS) is 1. The van der Waals surface area contributed by atoms with Crippen LogP contribution in [0.5, 0.6) is 0 Å². The molecule has 0 aromatic carbocycles. The maximum Gasteiger partial charge on any atom is 0.410 e. The largest absolute Gasteiger partial charge is 0.476 e. The first kappa shape index (κ1) is 18.0. The summed E-state index contributed by atoms with van der Waals surface area (Å²) in [6.07, 6.45) is 4.01. The van der Waals surface area contributed by atoms with Crippen LogP contribution in [0.25, 0.3) is 0 Å². The van der Waals surface area contributed by atoms with Gasteiger partial charge < -0.3 is 19.6 Å². The van der Waals surface area contributed by atoms with E-state index in [1.165, 1.54) is 12.4 Å². The van der Waals surface area contributed by atoms with Crippen LogP contribution in [0.2, 0.25) is 0 Å². The molecular weight excluding hydrogens is 312 g/mol. The van der Waals surface area contributed by atoms with Crippen LogP contribution in [0.4, 0.5) is 10.6 Å². The molecule has 8 nitrogen and oxygen atoms in total. The van der Waals surface area contributed by atoms with E-state index in [1.54, 1.807) is 4.90 Å². The van der Waals surface area contributed by atoms with Crippen LogP contribution in [0.3, 0.4) is 0 Å². The van der Waals surface area contributed by atoms with Gasteiger partial charge in [-0.3, -0.25) is 0 Å². The lowest BCUT2D eigenvalue weighted by Gasteiger charge is -2.37. The zero-order chi connectivity index (χ0) is 17.9. The molecule has 1 aromatic rings. The Morgan fingerprint density at radius 2 is 1.88 bits per heavy atom. The molecule has 0 bridgehead atoms. The smallest absolute Gasteiger partial charge is 0.410 e. The molecule has 1 N–H and O–H groups in total. The van der Waals surface area contributed by atoms with Crippen LogP contribution in [-0.4, -0.2) is 63.8 Å². The van der Waals surface area contributed by atoms with Crippen LogP contribution in [0.1, 0.15) is 44.1 Å². The number of rotatable bonds is 3. The second-order valence-electron chi connectivity index (χ2n) is 6.87. The lowest BCUT2D eigenvalue weighted by atomic mass is 10.0. The maximum absolute atomic E-state index is 12.1. The number of hydrogen-bond donors (Lipinski definition) is 1. The number of ether oxygens (including phenoxy) is 1. The lowest BCUT2D eigenvalue weighted by Crippen LogP contribution is -2.47. The van der Waals surface area contributed by atoms with Gasteiger partial charge in [0, 0.05) is 26.2 Å². The van der Waals surface area contributed by atoms with Crippen molar-refractivity contribution in [3.05, 3.63) is 18.1 Å². The molecule has 24 heavy (non-hydrogen) atoms. The Balaban J connectivity index is 1.91. The number of amides is 1. The predicted molar refractivity (Wildman–Crippen MR) is 88.2 cm³/mol. The maximum atomic E-state index is 12.1. The van der Waals surface area contributed by atoms with Gasteiger partial charge in [0.25, 0.3) is 0 Å². The van der Waals surface area contributed by atoms with Gasteiger partial charge in [0.05, 0.1) is 12.4 Å². The minimum absolute atomic E-state index is 0.0769. The Morgan fingerprint density at radius 3 is 2.33 bits per heavy atom. The third-order valence-electron chi connectivity index (χ3n) is 3.88. The SMILES string of the molecule is CN(c1cnc(C(=O)O)cn1)C1CCN(C(=O)OC(C)(C)C)CC1. The van der Waals surface area contributed by atoms with Crippen molar-refractivity contribution in [2.24, 2.45) is 0 Å². The quantitative estimate of drug-likeness (QED) is 0.902. The van der Waals surface area contributed by atoms with Gasteiger partial charge in [0.1, 0.15) is 11.4 Å². The van der Waals surface area contributed by atoms with Gasteiger partial charge in [-0.05, 0) is 33.6 Å². The van der Waals surface area contributed by atoms with Crippen LogP contribution < -0.4 is 4.90 Å². The van der Waals surface area contributed by atoms with Crippen molar-refractivity contribution in [1.29, 1.82) is 0 Å². The number of carbonyl (C=O) groups excluding carboxylic acids is 1. The number of aromatic nitrogens is 2.